The number of morpholine rings is 1. The maximum atomic E-state index is 13.0. The highest BCUT2D eigenvalue weighted by atomic mass is 32.2. The molecule has 1 saturated heterocycles. The predicted octanol–water partition coefficient (Wildman–Crippen LogP) is 2.87. The Bertz CT molecular complexity index is 1240. The minimum atomic E-state index is -3.65. The van der Waals surface area contributed by atoms with Crippen LogP contribution < -0.4 is 15.4 Å². The number of rotatable bonds is 7. The van der Waals surface area contributed by atoms with Crippen molar-refractivity contribution >= 4 is 26.8 Å². The van der Waals surface area contributed by atoms with Gasteiger partial charge in [0.25, 0.3) is 0 Å². The van der Waals surface area contributed by atoms with E-state index in [2.05, 4.69) is 10.6 Å². The molecule has 1 aliphatic rings. The second-order valence-corrected chi connectivity index (χ2v) is 9.61. The first-order valence-corrected chi connectivity index (χ1v) is 12.2. The van der Waals surface area contributed by atoms with Crippen LogP contribution >= 0.6 is 0 Å². The van der Waals surface area contributed by atoms with E-state index >= 15 is 0 Å². The topological polar surface area (TPSA) is 97.0 Å². The van der Waals surface area contributed by atoms with Crippen molar-refractivity contribution in [2.75, 3.05) is 33.4 Å². The van der Waals surface area contributed by atoms with Gasteiger partial charge in [0, 0.05) is 26.2 Å². The lowest BCUT2D eigenvalue weighted by Gasteiger charge is -2.27. The lowest BCUT2D eigenvalue weighted by molar-refractivity contribution is 0.0730. The number of amides is 2. The van der Waals surface area contributed by atoms with Crippen molar-refractivity contribution in [1.29, 1.82) is 0 Å². The van der Waals surface area contributed by atoms with Gasteiger partial charge in [-0.1, -0.05) is 36.4 Å². The molecule has 0 saturated carbocycles. The summed E-state index contributed by atoms with van der Waals surface area (Å²) >= 11 is 0. The van der Waals surface area contributed by atoms with Gasteiger partial charge in [0.05, 0.1) is 25.2 Å². The molecule has 174 valence electrons. The summed E-state index contributed by atoms with van der Waals surface area (Å²) in [5.74, 6) is 0.795. The summed E-state index contributed by atoms with van der Waals surface area (Å²) in [4.78, 5) is 12.6. The highest BCUT2D eigenvalue weighted by Crippen LogP contribution is 2.22. The van der Waals surface area contributed by atoms with Crippen molar-refractivity contribution < 1.29 is 22.7 Å². The number of fused-ring (bicyclic) bond motifs is 1. The summed E-state index contributed by atoms with van der Waals surface area (Å²) in [6.45, 7) is 1.85. The highest BCUT2D eigenvalue weighted by molar-refractivity contribution is 7.89. The summed E-state index contributed by atoms with van der Waals surface area (Å²) in [6.07, 6.45) is 0. The first-order valence-electron chi connectivity index (χ1n) is 10.7. The van der Waals surface area contributed by atoms with Crippen LogP contribution in [0.1, 0.15) is 11.1 Å². The van der Waals surface area contributed by atoms with E-state index in [1.807, 2.05) is 36.4 Å². The Labute approximate surface area is 193 Å². The minimum absolute atomic E-state index is 0.100. The molecule has 0 atom stereocenters. The van der Waals surface area contributed by atoms with Gasteiger partial charge in [-0.3, -0.25) is 0 Å². The SMILES string of the molecule is COc1ccc2cc(CNC(=O)NCc3ccccc3S(=O)(=O)N3CCOCC3)ccc2c1. The Morgan fingerprint density at radius 1 is 0.970 bits per heavy atom. The molecule has 0 aromatic heterocycles. The Morgan fingerprint density at radius 2 is 1.67 bits per heavy atom. The quantitative estimate of drug-likeness (QED) is 0.555. The van der Waals surface area contributed by atoms with E-state index in [9.17, 15) is 13.2 Å². The summed E-state index contributed by atoms with van der Waals surface area (Å²) < 4.78 is 38.0. The molecular formula is C24H27N3O5S. The third-order valence-corrected chi connectivity index (χ3v) is 7.56. The third kappa shape index (κ3) is 5.44. The van der Waals surface area contributed by atoms with E-state index in [0.29, 0.717) is 38.4 Å². The van der Waals surface area contributed by atoms with Crippen molar-refractivity contribution in [2.24, 2.45) is 0 Å². The van der Waals surface area contributed by atoms with E-state index < -0.39 is 10.0 Å². The highest BCUT2D eigenvalue weighted by Gasteiger charge is 2.28. The van der Waals surface area contributed by atoms with Gasteiger partial charge in [0.2, 0.25) is 10.0 Å². The number of ether oxygens (including phenoxy) is 2. The summed E-state index contributed by atoms with van der Waals surface area (Å²) in [6, 6.07) is 18.1. The maximum Gasteiger partial charge on any atom is 0.315 e. The van der Waals surface area contributed by atoms with Gasteiger partial charge in [0.1, 0.15) is 5.75 Å². The number of nitrogens with zero attached hydrogens (tertiary/aromatic N) is 1. The molecular weight excluding hydrogens is 442 g/mol. The molecule has 1 aliphatic heterocycles. The first-order chi connectivity index (χ1) is 16.0. The van der Waals surface area contributed by atoms with Crippen molar-refractivity contribution in [2.45, 2.75) is 18.0 Å². The largest absolute Gasteiger partial charge is 0.497 e. The molecule has 4 rings (SSSR count). The molecule has 0 bridgehead atoms. The van der Waals surface area contributed by atoms with Gasteiger partial charge in [-0.05, 0) is 46.2 Å². The van der Waals surface area contributed by atoms with E-state index in [-0.39, 0.29) is 17.5 Å². The summed E-state index contributed by atoms with van der Waals surface area (Å²) in [5, 5.41) is 7.70. The number of benzene rings is 3. The van der Waals surface area contributed by atoms with Gasteiger partial charge in [-0.2, -0.15) is 4.31 Å². The molecule has 1 fully saturated rings. The normalized spacial score (nSPS) is 14.7. The van der Waals surface area contributed by atoms with Gasteiger partial charge >= 0.3 is 6.03 Å². The molecule has 0 radical (unpaired) electrons. The van der Waals surface area contributed by atoms with Gasteiger partial charge in [-0.25, -0.2) is 13.2 Å². The van der Waals surface area contributed by atoms with Crippen LogP contribution in [0.3, 0.4) is 0 Å². The molecule has 0 aliphatic carbocycles. The van der Waals surface area contributed by atoms with Crippen molar-refractivity contribution in [3.8, 4) is 5.75 Å². The molecule has 1 heterocycles. The standard InChI is InChI=1S/C24H27N3O5S/c1-31-22-9-8-19-14-18(6-7-20(19)15-22)16-25-24(28)26-17-21-4-2-3-5-23(21)33(29,30)27-10-12-32-13-11-27/h2-9,14-15H,10-13,16-17H2,1H3,(H2,25,26,28). The second-order valence-electron chi connectivity index (χ2n) is 7.71. The number of carbonyl (C=O) groups excluding carboxylic acids is 1. The van der Waals surface area contributed by atoms with Crippen molar-refractivity contribution in [1.82, 2.24) is 14.9 Å². The molecule has 2 amide bonds. The number of sulfonamides is 1. The zero-order valence-corrected chi connectivity index (χ0v) is 19.2. The molecule has 0 spiro atoms. The molecule has 3 aromatic rings. The van der Waals surface area contributed by atoms with Crippen molar-refractivity contribution in [3.63, 3.8) is 0 Å². The second kappa shape index (κ2) is 10.2. The van der Waals surface area contributed by atoms with Crippen LogP contribution in [0, 0.1) is 0 Å². The van der Waals surface area contributed by atoms with Gasteiger partial charge in [-0.15, -0.1) is 0 Å². The van der Waals surface area contributed by atoms with Crippen LogP contribution in [0.2, 0.25) is 0 Å². The average Bonchev–Trinajstić information content (AvgIpc) is 2.86. The smallest absolute Gasteiger partial charge is 0.315 e. The number of nitrogens with one attached hydrogen (secondary N) is 2. The molecule has 33 heavy (non-hydrogen) atoms. The van der Waals surface area contributed by atoms with Crippen LogP contribution in [-0.2, 0) is 27.8 Å². The fourth-order valence-electron chi connectivity index (χ4n) is 3.76. The summed E-state index contributed by atoms with van der Waals surface area (Å²) in [7, 11) is -2.02. The number of urea groups is 1. The number of hydrogen-bond acceptors (Lipinski definition) is 5. The first kappa shape index (κ1) is 23.0. The van der Waals surface area contributed by atoms with Crippen LogP contribution in [0.25, 0.3) is 10.8 Å². The molecule has 8 nitrogen and oxygen atoms in total. The fourth-order valence-corrected chi connectivity index (χ4v) is 5.39. The zero-order chi connectivity index (χ0) is 23.3. The Morgan fingerprint density at radius 3 is 2.45 bits per heavy atom. The Hall–Kier alpha value is -3.14. The van der Waals surface area contributed by atoms with Gasteiger partial charge < -0.3 is 20.1 Å². The maximum absolute atomic E-state index is 13.0. The average molecular weight is 470 g/mol. The zero-order valence-electron chi connectivity index (χ0n) is 18.4. The summed E-state index contributed by atoms with van der Waals surface area (Å²) in [5.41, 5.74) is 1.50. The lowest BCUT2D eigenvalue weighted by atomic mass is 10.1. The monoisotopic (exact) mass is 469 g/mol. The molecule has 0 unspecified atom stereocenters. The molecule has 9 heteroatoms. The van der Waals surface area contributed by atoms with Crippen molar-refractivity contribution in [3.05, 3.63) is 71.8 Å². The van der Waals surface area contributed by atoms with Crippen LogP contribution in [0.4, 0.5) is 4.79 Å². The number of hydrogen-bond donors (Lipinski definition) is 2. The van der Waals surface area contributed by atoms with Crippen LogP contribution in [0.5, 0.6) is 5.75 Å². The predicted molar refractivity (Wildman–Crippen MR) is 126 cm³/mol. The number of carbonyl (C=O) groups is 1. The van der Waals surface area contributed by atoms with Crippen LogP contribution in [-0.4, -0.2) is 52.2 Å². The fraction of sp³-hybridized carbons (Fsp3) is 0.292. The lowest BCUT2D eigenvalue weighted by Crippen LogP contribution is -2.41. The van der Waals surface area contributed by atoms with E-state index in [1.165, 1.54) is 4.31 Å². The molecule has 3 aromatic carbocycles. The molecule has 2 N–H and O–H groups in total. The minimum Gasteiger partial charge on any atom is -0.497 e. The van der Waals surface area contributed by atoms with E-state index in [1.54, 1.807) is 31.4 Å². The Balaban J connectivity index is 1.37. The Kier molecular flexibility index (Phi) is 7.12. The third-order valence-electron chi connectivity index (χ3n) is 5.56. The van der Waals surface area contributed by atoms with Crippen LogP contribution in [0.15, 0.2) is 65.6 Å². The number of methoxy groups -OCH3 is 1. The van der Waals surface area contributed by atoms with E-state index in [4.69, 9.17) is 9.47 Å². The van der Waals surface area contributed by atoms with E-state index in [0.717, 1.165) is 22.1 Å². The van der Waals surface area contributed by atoms with Gasteiger partial charge in [0.15, 0.2) is 0 Å².